The highest BCUT2D eigenvalue weighted by molar-refractivity contribution is 9.10. The molecule has 31 heavy (non-hydrogen) atoms. The van der Waals surface area contributed by atoms with Gasteiger partial charge in [-0.05, 0) is 54.4 Å². The Morgan fingerprint density at radius 1 is 0.968 bits per heavy atom. The molecule has 0 radical (unpaired) electrons. The third-order valence-corrected chi connectivity index (χ3v) is 6.19. The van der Waals surface area contributed by atoms with E-state index in [-0.39, 0.29) is 12.1 Å². The molecule has 0 saturated carbocycles. The first-order valence-corrected chi connectivity index (χ1v) is 11.0. The number of nitrogens with one attached hydrogen (secondary N) is 1. The molecule has 154 valence electrons. The summed E-state index contributed by atoms with van der Waals surface area (Å²) in [7, 11) is 0. The Morgan fingerprint density at radius 3 is 2.58 bits per heavy atom. The van der Waals surface area contributed by atoms with Crippen molar-refractivity contribution in [3.05, 3.63) is 118 Å². The molecule has 1 aromatic heterocycles. The van der Waals surface area contributed by atoms with Crippen LogP contribution in [0, 0.1) is 6.92 Å². The standard InChI is InChI=1S/C26H22BrN3O/c1-18-11-13-19(14-12-18)25-24-10-5-15-29(24)23-9-3-2-6-20(23)17-30(25)26(31)28-22-8-4-7-21(27)16-22/h2-16,25H,17H2,1H3,(H,28,31). The molecule has 1 aliphatic heterocycles. The molecule has 4 nitrogen and oxygen atoms in total. The maximum Gasteiger partial charge on any atom is 0.322 e. The highest BCUT2D eigenvalue weighted by Crippen LogP contribution is 2.37. The molecule has 1 unspecified atom stereocenters. The second kappa shape index (κ2) is 8.08. The van der Waals surface area contributed by atoms with E-state index in [1.165, 1.54) is 5.56 Å². The average Bonchev–Trinajstić information content (AvgIpc) is 3.19. The van der Waals surface area contributed by atoms with Crippen LogP contribution in [0.3, 0.4) is 0 Å². The number of hydrogen-bond donors (Lipinski definition) is 1. The van der Waals surface area contributed by atoms with E-state index < -0.39 is 0 Å². The summed E-state index contributed by atoms with van der Waals surface area (Å²) in [6.45, 7) is 2.59. The Balaban J connectivity index is 1.63. The predicted octanol–water partition coefficient (Wildman–Crippen LogP) is 6.69. The molecule has 0 aliphatic carbocycles. The second-order valence-corrected chi connectivity index (χ2v) is 8.73. The number of urea groups is 1. The maximum absolute atomic E-state index is 13.6. The lowest BCUT2D eigenvalue weighted by Gasteiger charge is -2.31. The fraction of sp³-hybridized carbons (Fsp3) is 0.115. The topological polar surface area (TPSA) is 37.3 Å². The lowest BCUT2D eigenvalue weighted by molar-refractivity contribution is 0.194. The molecule has 3 aromatic carbocycles. The van der Waals surface area contributed by atoms with Gasteiger partial charge in [0.2, 0.25) is 0 Å². The molecule has 0 spiro atoms. The van der Waals surface area contributed by atoms with Gasteiger partial charge in [-0.2, -0.15) is 0 Å². The van der Waals surface area contributed by atoms with Crippen molar-refractivity contribution >= 4 is 27.6 Å². The lowest BCUT2D eigenvalue weighted by Crippen LogP contribution is -2.37. The second-order valence-electron chi connectivity index (χ2n) is 7.81. The number of halogens is 1. The van der Waals surface area contributed by atoms with Crippen LogP contribution in [0.4, 0.5) is 10.5 Å². The number of carbonyl (C=O) groups is 1. The van der Waals surface area contributed by atoms with Crippen molar-refractivity contribution in [3.63, 3.8) is 0 Å². The van der Waals surface area contributed by atoms with Crippen LogP contribution in [-0.2, 0) is 6.54 Å². The zero-order valence-corrected chi connectivity index (χ0v) is 18.7. The van der Waals surface area contributed by atoms with E-state index >= 15 is 0 Å². The number of hydrogen-bond acceptors (Lipinski definition) is 1. The van der Waals surface area contributed by atoms with Gasteiger partial charge >= 0.3 is 6.03 Å². The highest BCUT2D eigenvalue weighted by Gasteiger charge is 2.32. The Labute approximate surface area is 190 Å². The van der Waals surface area contributed by atoms with E-state index in [2.05, 4.69) is 81.4 Å². The molecular weight excluding hydrogens is 450 g/mol. The smallest absolute Gasteiger partial charge is 0.318 e. The molecule has 1 atom stereocenters. The number of fused-ring (bicyclic) bond motifs is 3. The molecule has 0 fully saturated rings. The normalized spacial score (nSPS) is 15.0. The first-order chi connectivity index (χ1) is 15.1. The van der Waals surface area contributed by atoms with Gasteiger partial charge in [-0.3, -0.25) is 0 Å². The lowest BCUT2D eigenvalue weighted by atomic mass is 10.0. The van der Waals surface area contributed by atoms with Crippen molar-refractivity contribution in [1.29, 1.82) is 0 Å². The third-order valence-electron chi connectivity index (χ3n) is 5.69. The maximum atomic E-state index is 13.6. The summed E-state index contributed by atoms with van der Waals surface area (Å²) in [5, 5.41) is 3.09. The van der Waals surface area contributed by atoms with Gasteiger partial charge in [-0.25, -0.2) is 4.79 Å². The summed E-state index contributed by atoms with van der Waals surface area (Å²) in [6, 6.07) is 28.2. The Morgan fingerprint density at radius 2 is 1.77 bits per heavy atom. The Kier molecular flexibility index (Phi) is 5.12. The number of aryl methyl sites for hydroxylation is 1. The molecule has 0 bridgehead atoms. The minimum absolute atomic E-state index is 0.131. The molecule has 2 heterocycles. The zero-order valence-electron chi connectivity index (χ0n) is 17.1. The average molecular weight is 472 g/mol. The summed E-state index contributed by atoms with van der Waals surface area (Å²) < 4.78 is 3.13. The Bertz CT molecular complexity index is 1250. The van der Waals surface area contributed by atoms with Crippen LogP contribution in [0.5, 0.6) is 0 Å². The van der Waals surface area contributed by atoms with Crippen molar-refractivity contribution < 1.29 is 4.79 Å². The molecule has 1 aliphatic rings. The van der Waals surface area contributed by atoms with Gasteiger partial charge in [0.1, 0.15) is 0 Å². The van der Waals surface area contributed by atoms with Crippen molar-refractivity contribution in [2.24, 2.45) is 0 Å². The van der Waals surface area contributed by atoms with Gasteiger partial charge in [-0.15, -0.1) is 0 Å². The van der Waals surface area contributed by atoms with Crippen molar-refractivity contribution in [2.75, 3.05) is 5.32 Å². The molecular formula is C26H22BrN3O. The van der Waals surface area contributed by atoms with E-state index in [1.54, 1.807) is 0 Å². The quantitative estimate of drug-likeness (QED) is 0.347. The first kappa shape index (κ1) is 19.6. The number of para-hydroxylation sites is 1. The first-order valence-electron chi connectivity index (χ1n) is 10.3. The van der Waals surface area contributed by atoms with Crippen molar-refractivity contribution in [2.45, 2.75) is 19.5 Å². The number of carbonyl (C=O) groups excluding carboxylic acids is 1. The number of nitrogens with zero attached hydrogens (tertiary/aromatic N) is 2. The Hall–Kier alpha value is -3.31. The number of rotatable bonds is 2. The van der Waals surface area contributed by atoms with Gasteiger partial charge in [0.15, 0.2) is 0 Å². The van der Waals surface area contributed by atoms with Crippen LogP contribution in [0.15, 0.2) is 95.6 Å². The van der Waals surface area contributed by atoms with E-state index in [1.807, 2.05) is 47.4 Å². The molecule has 4 aromatic rings. The molecule has 5 rings (SSSR count). The summed E-state index contributed by atoms with van der Waals surface area (Å²) in [6.07, 6.45) is 2.07. The predicted molar refractivity (Wildman–Crippen MR) is 127 cm³/mol. The van der Waals surface area contributed by atoms with Crippen molar-refractivity contribution in [3.8, 4) is 5.69 Å². The number of amides is 2. The summed E-state index contributed by atoms with van der Waals surface area (Å²) in [5.74, 6) is 0. The summed E-state index contributed by atoms with van der Waals surface area (Å²) in [4.78, 5) is 15.5. The highest BCUT2D eigenvalue weighted by atomic mass is 79.9. The van der Waals surface area contributed by atoms with Gasteiger partial charge in [0.05, 0.1) is 18.3 Å². The van der Waals surface area contributed by atoms with Crippen LogP contribution in [0.2, 0.25) is 0 Å². The van der Waals surface area contributed by atoms with Crippen molar-refractivity contribution in [1.82, 2.24) is 9.47 Å². The van der Waals surface area contributed by atoms with E-state index in [0.717, 1.165) is 32.7 Å². The molecule has 2 amide bonds. The van der Waals surface area contributed by atoms with E-state index in [0.29, 0.717) is 6.54 Å². The molecule has 0 saturated heterocycles. The summed E-state index contributed by atoms with van der Waals surface area (Å²) >= 11 is 3.49. The van der Waals surface area contributed by atoms with E-state index in [9.17, 15) is 4.79 Å². The largest absolute Gasteiger partial charge is 0.322 e. The fourth-order valence-electron chi connectivity index (χ4n) is 4.20. The van der Waals surface area contributed by atoms with E-state index in [4.69, 9.17) is 0 Å². The van der Waals surface area contributed by atoms with Crippen LogP contribution >= 0.6 is 15.9 Å². The molecule has 5 heteroatoms. The minimum atomic E-state index is -0.213. The number of anilines is 1. The van der Waals surface area contributed by atoms with Crippen LogP contribution in [0.1, 0.15) is 28.4 Å². The molecule has 1 N–H and O–H groups in total. The summed E-state index contributed by atoms with van der Waals surface area (Å²) in [5.41, 5.74) is 6.33. The van der Waals surface area contributed by atoms with Gasteiger partial charge in [0, 0.05) is 22.1 Å². The fourth-order valence-corrected chi connectivity index (χ4v) is 4.60. The monoisotopic (exact) mass is 471 g/mol. The van der Waals surface area contributed by atoms with Gasteiger partial charge in [-0.1, -0.05) is 70.0 Å². The minimum Gasteiger partial charge on any atom is -0.318 e. The SMILES string of the molecule is Cc1ccc(C2c3cccn3-c3ccccc3CN2C(=O)Nc2cccc(Br)c2)cc1. The van der Waals surface area contributed by atoms with Crippen LogP contribution in [0.25, 0.3) is 5.69 Å². The van der Waals surface area contributed by atoms with Gasteiger partial charge < -0.3 is 14.8 Å². The van der Waals surface area contributed by atoms with Crippen LogP contribution in [-0.4, -0.2) is 15.5 Å². The number of benzene rings is 3. The van der Waals surface area contributed by atoms with Crippen LogP contribution < -0.4 is 5.32 Å². The zero-order chi connectivity index (χ0) is 21.4. The number of aromatic nitrogens is 1. The van der Waals surface area contributed by atoms with Gasteiger partial charge in [0.25, 0.3) is 0 Å². The third kappa shape index (κ3) is 3.77.